The first kappa shape index (κ1) is 16.2. The van der Waals surface area contributed by atoms with Gasteiger partial charge in [-0.15, -0.1) is 0 Å². The summed E-state index contributed by atoms with van der Waals surface area (Å²) >= 11 is 2.09. The molecule has 0 saturated carbocycles. The average molecular weight is 378 g/mol. The number of benzene rings is 1. The molecule has 0 fully saturated rings. The van der Waals surface area contributed by atoms with Crippen molar-refractivity contribution in [3.05, 3.63) is 31.9 Å². The Labute approximate surface area is 126 Å². The Hall–Kier alpha value is -0.890. The molecule has 1 unspecified atom stereocenters. The van der Waals surface area contributed by atoms with Gasteiger partial charge in [0, 0.05) is 34.5 Å². The third-order valence-electron chi connectivity index (χ3n) is 2.98. The van der Waals surface area contributed by atoms with Crippen molar-refractivity contribution < 1.29 is 10.0 Å². The van der Waals surface area contributed by atoms with E-state index in [-0.39, 0.29) is 12.3 Å². The first-order valence-corrected chi connectivity index (χ1v) is 7.45. The van der Waals surface area contributed by atoms with Crippen LogP contribution in [0.25, 0.3) is 0 Å². The molecule has 0 amide bonds. The molecule has 6 heteroatoms. The molecular formula is C13H19IN2O3. The van der Waals surface area contributed by atoms with Crippen molar-refractivity contribution in [2.24, 2.45) is 5.92 Å². The van der Waals surface area contributed by atoms with Crippen molar-refractivity contribution in [1.29, 1.82) is 0 Å². The van der Waals surface area contributed by atoms with Crippen LogP contribution in [0.3, 0.4) is 0 Å². The van der Waals surface area contributed by atoms with Crippen LogP contribution >= 0.6 is 22.6 Å². The molecule has 0 aliphatic rings. The summed E-state index contributed by atoms with van der Waals surface area (Å²) in [6.45, 7) is 3.10. The monoisotopic (exact) mass is 378 g/mol. The fourth-order valence-corrected chi connectivity index (χ4v) is 2.64. The third kappa shape index (κ3) is 5.32. The second-order valence-corrected chi connectivity index (χ2v) is 5.63. The van der Waals surface area contributed by atoms with Gasteiger partial charge < -0.3 is 10.4 Å². The van der Waals surface area contributed by atoms with Crippen molar-refractivity contribution in [3.8, 4) is 0 Å². The maximum absolute atomic E-state index is 10.7. The smallest absolute Gasteiger partial charge is 0.270 e. The predicted octanol–water partition coefficient (Wildman–Crippen LogP) is 3.41. The van der Waals surface area contributed by atoms with Gasteiger partial charge >= 0.3 is 0 Å². The highest BCUT2D eigenvalue weighted by atomic mass is 127. The molecule has 1 rings (SSSR count). The Morgan fingerprint density at radius 3 is 2.74 bits per heavy atom. The maximum Gasteiger partial charge on any atom is 0.270 e. The number of non-ortho nitro benzene ring substituents is 1. The van der Waals surface area contributed by atoms with Crippen molar-refractivity contribution in [2.75, 3.05) is 18.5 Å². The van der Waals surface area contributed by atoms with Gasteiger partial charge in [-0.05, 0) is 47.4 Å². The number of nitro benzene ring substituents is 1. The number of anilines is 1. The Bertz CT molecular complexity index is 420. The Kier molecular flexibility index (Phi) is 7.07. The number of aliphatic hydroxyl groups is 1. The van der Waals surface area contributed by atoms with Crippen molar-refractivity contribution >= 4 is 34.0 Å². The lowest BCUT2D eigenvalue weighted by molar-refractivity contribution is -0.384. The molecule has 1 atom stereocenters. The largest absolute Gasteiger partial charge is 0.396 e. The van der Waals surface area contributed by atoms with Crippen LogP contribution in [0.2, 0.25) is 0 Å². The van der Waals surface area contributed by atoms with Gasteiger partial charge in [-0.1, -0.05) is 13.3 Å². The molecule has 0 saturated heterocycles. The molecule has 0 aliphatic carbocycles. The number of nitrogens with one attached hydrogen (secondary N) is 1. The summed E-state index contributed by atoms with van der Waals surface area (Å²) in [6, 6.07) is 4.80. The van der Waals surface area contributed by atoms with E-state index in [2.05, 4.69) is 34.8 Å². The number of hydrogen-bond donors (Lipinski definition) is 2. The molecule has 0 aliphatic heterocycles. The quantitative estimate of drug-likeness (QED) is 0.413. The lowest BCUT2D eigenvalue weighted by Crippen LogP contribution is -2.16. The van der Waals surface area contributed by atoms with E-state index >= 15 is 0 Å². The molecule has 0 radical (unpaired) electrons. The van der Waals surface area contributed by atoms with Crippen LogP contribution < -0.4 is 5.32 Å². The molecule has 0 aromatic heterocycles. The highest BCUT2D eigenvalue weighted by Gasteiger charge is 2.11. The fourth-order valence-electron chi connectivity index (χ4n) is 1.95. The van der Waals surface area contributed by atoms with E-state index in [1.54, 1.807) is 12.1 Å². The van der Waals surface area contributed by atoms with Crippen molar-refractivity contribution in [2.45, 2.75) is 26.2 Å². The Balaban J connectivity index is 2.63. The second kappa shape index (κ2) is 8.31. The second-order valence-electron chi connectivity index (χ2n) is 4.47. The SMILES string of the molecule is CCCC(CCO)CNc1ccc([N+](=O)[O-])cc1I. The van der Waals surface area contributed by atoms with E-state index in [4.69, 9.17) is 5.11 Å². The van der Waals surface area contributed by atoms with Gasteiger partial charge in [0.25, 0.3) is 5.69 Å². The molecular weight excluding hydrogens is 359 g/mol. The summed E-state index contributed by atoms with van der Waals surface area (Å²) in [7, 11) is 0. The van der Waals surface area contributed by atoms with E-state index < -0.39 is 4.92 Å². The minimum Gasteiger partial charge on any atom is -0.396 e. The predicted molar refractivity (Wildman–Crippen MR) is 84.4 cm³/mol. The van der Waals surface area contributed by atoms with Crippen molar-refractivity contribution in [1.82, 2.24) is 0 Å². The number of hydrogen-bond acceptors (Lipinski definition) is 4. The minimum atomic E-state index is -0.391. The lowest BCUT2D eigenvalue weighted by Gasteiger charge is -2.17. The van der Waals surface area contributed by atoms with Crippen LogP contribution in [0.4, 0.5) is 11.4 Å². The summed E-state index contributed by atoms with van der Waals surface area (Å²) < 4.78 is 0.839. The third-order valence-corrected chi connectivity index (χ3v) is 3.87. The molecule has 106 valence electrons. The topological polar surface area (TPSA) is 75.4 Å². The van der Waals surface area contributed by atoms with Gasteiger partial charge in [-0.2, -0.15) is 0 Å². The normalized spacial score (nSPS) is 12.2. The van der Waals surface area contributed by atoms with Crippen LogP contribution in [0.15, 0.2) is 18.2 Å². The van der Waals surface area contributed by atoms with E-state index in [9.17, 15) is 10.1 Å². The summed E-state index contributed by atoms with van der Waals surface area (Å²) in [5, 5.41) is 23.0. The number of halogens is 1. The molecule has 1 aromatic carbocycles. The maximum atomic E-state index is 10.7. The number of rotatable bonds is 8. The van der Waals surface area contributed by atoms with Gasteiger partial charge in [0.1, 0.15) is 0 Å². The average Bonchev–Trinajstić information content (AvgIpc) is 2.37. The van der Waals surface area contributed by atoms with Crippen LogP contribution in [0.1, 0.15) is 26.2 Å². The van der Waals surface area contributed by atoms with Crippen LogP contribution in [-0.2, 0) is 0 Å². The van der Waals surface area contributed by atoms with Crippen LogP contribution in [0, 0.1) is 19.6 Å². The van der Waals surface area contributed by atoms with E-state index in [0.717, 1.165) is 35.1 Å². The number of nitro groups is 1. The molecule has 1 aromatic rings. The van der Waals surface area contributed by atoms with Crippen LogP contribution in [0.5, 0.6) is 0 Å². The summed E-state index contributed by atoms with van der Waals surface area (Å²) in [6.07, 6.45) is 2.94. The Morgan fingerprint density at radius 1 is 1.47 bits per heavy atom. The summed E-state index contributed by atoms with van der Waals surface area (Å²) in [5.74, 6) is 0.431. The van der Waals surface area contributed by atoms with E-state index in [0.29, 0.717) is 5.92 Å². The minimum absolute atomic E-state index is 0.107. The highest BCUT2D eigenvalue weighted by molar-refractivity contribution is 14.1. The zero-order valence-electron chi connectivity index (χ0n) is 10.9. The number of aliphatic hydroxyl groups excluding tert-OH is 1. The summed E-state index contributed by atoms with van der Waals surface area (Å²) in [5.41, 5.74) is 1.01. The Morgan fingerprint density at radius 2 is 2.21 bits per heavy atom. The molecule has 0 spiro atoms. The van der Waals surface area contributed by atoms with Gasteiger partial charge in [0.2, 0.25) is 0 Å². The van der Waals surface area contributed by atoms with E-state index in [1.807, 2.05) is 0 Å². The molecule has 5 nitrogen and oxygen atoms in total. The van der Waals surface area contributed by atoms with Gasteiger partial charge in [-0.3, -0.25) is 10.1 Å². The summed E-state index contributed by atoms with van der Waals surface area (Å²) in [4.78, 5) is 10.3. The molecule has 19 heavy (non-hydrogen) atoms. The first-order valence-electron chi connectivity index (χ1n) is 6.37. The van der Waals surface area contributed by atoms with Crippen LogP contribution in [-0.4, -0.2) is 23.2 Å². The molecule has 2 N–H and O–H groups in total. The highest BCUT2D eigenvalue weighted by Crippen LogP contribution is 2.24. The zero-order chi connectivity index (χ0) is 14.3. The van der Waals surface area contributed by atoms with Gasteiger partial charge in [0.15, 0.2) is 0 Å². The van der Waals surface area contributed by atoms with Gasteiger partial charge in [-0.25, -0.2) is 0 Å². The van der Waals surface area contributed by atoms with E-state index in [1.165, 1.54) is 6.07 Å². The standard InChI is InChI=1S/C13H19IN2O3/c1-2-3-10(6-7-17)9-15-13-5-4-11(16(18)19)8-12(13)14/h4-5,8,10,15,17H,2-3,6-7,9H2,1H3. The fraction of sp³-hybridized carbons (Fsp3) is 0.538. The van der Waals surface area contributed by atoms with Gasteiger partial charge in [0.05, 0.1) is 4.92 Å². The zero-order valence-corrected chi connectivity index (χ0v) is 13.1. The van der Waals surface area contributed by atoms with Crippen molar-refractivity contribution in [3.63, 3.8) is 0 Å². The molecule has 0 bridgehead atoms. The number of nitrogens with zero attached hydrogens (tertiary/aromatic N) is 1. The molecule has 0 heterocycles. The lowest BCUT2D eigenvalue weighted by atomic mass is 10.0. The first-order chi connectivity index (χ1) is 9.08.